The van der Waals surface area contributed by atoms with Crippen LogP contribution in [0.1, 0.15) is 37.7 Å². The quantitative estimate of drug-likeness (QED) is 0.538. The second-order valence-corrected chi connectivity index (χ2v) is 7.25. The summed E-state index contributed by atoms with van der Waals surface area (Å²) in [6, 6.07) is 11.0. The molecule has 16 heavy (non-hydrogen) atoms. The van der Waals surface area contributed by atoms with Gasteiger partial charge in [0.25, 0.3) is 0 Å². The summed E-state index contributed by atoms with van der Waals surface area (Å²) in [5.41, 5.74) is 2.59. The molecule has 0 aromatic heterocycles. The first kappa shape index (κ1) is 13.8. The van der Waals surface area contributed by atoms with Gasteiger partial charge in [-0.3, -0.25) is 0 Å². The average molecular weight is 231 g/mol. The maximum absolute atomic E-state index is 2.50. The fourth-order valence-electron chi connectivity index (χ4n) is 2.52. The molecule has 1 saturated carbocycles. The lowest BCUT2D eigenvalue weighted by atomic mass is 10.0. The lowest BCUT2D eigenvalue weighted by Gasteiger charge is -2.28. The predicted molar refractivity (Wildman–Crippen MR) is 75.6 cm³/mol. The number of benzene rings is 1. The highest BCUT2D eigenvalue weighted by molar-refractivity contribution is 7.56. The molecule has 2 rings (SSSR count). The van der Waals surface area contributed by atoms with Gasteiger partial charge in [-0.1, -0.05) is 49.6 Å². The van der Waals surface area contributed by atoms with Crippen molar-refractivity contribution in [1.82, 2.24) is 0 Å². The fourth-order valence-corrected chi connectivity index (χ4v) is 4.81. The predicted octanol–water partition coefficient (Wildman–Crippen LogP) is 4.25. The van der Waals surface area contributed by atoms with E-state index in [1.165, 1.54) is 43.8 Å². The Labute approximate surface area is 103 Å². The van der Waals surface area contributed by atoms with Gasteiger partial charge in [0.1, 0.15) is 0 Å². The maximum Gasteiger partial charge on any atom is 0 e. The van der Waals surface area contributed by atoms with Crippen LogP contribution in [0.2, 0.25) is 0 Å². The molecule has 0 bridgehead atoms. The second kappa shape index (κ2) is 7.12. The van der Waals surface area contributed by atoms with Crippen molar-refractivity contribution in [3.05, 3.63) is 35.9 Å². The van der Waals surface area contributed by atoms with Crippen LogP contribution in [-0.4, -0.2) is 20.7 Å². The molecular weight excluding hydrogens is 210 g/mol. The molecule has 0 nitrogen and oxygen atoms in total. The van der Waals surface area contributed by atoms with E-state index in [4.69, 9.17) is 0 Å². The largest absolute Gasteiger partial charge is 0.102 e. The first-order valence-electron chi connectivity index (χ1n) is 6.10. The van der Waals surface area contributed by atoms with Gasteiger partial charge in [0, 0.05) is 8.41 Å². The van der Waals surface area contributed by atoms with E-state index < -0.39 is 0 Å². The van der Waals surface area contributed by atoms with E-state index in [9.17, 15) is 0 Å². The fraction of sp³-hybridized carbons (Fsp3) is 0.571. The second-order valence-electron chi connectivity index (χ2n) is 4.69. The summed E-state index contributed by atoms with van der Waals surface area (Å²) in [4.78, 5) is 0. The first-order chi connectivity index (χ1) is 7.36. The average Bonchev–Trinajstić information content (AvgIpc) is 2.31. The summed E-state index contributed by atoms with van der Waals surface area (Å²) in [6.45, 7) is 2.50. The van der Waals surface area contributed by atoms with Crippen LogP contribution in [0.3, 0.4) is 0 Å². The molecule has 85 valence electrons. The van der Waals surface area contributed by atoms with Crippen LogP contribution in [0.15, 0.2) is 30.3 Å². The molecule has 0 unspecified atom stereocenters. The molecule has 0 saturated heterocycles. The number of rotatable bonds is 3. The topological polar surface area (TPSA) is 0 Å². The lowest BCUT2D eigenvalue weighted by Crippen LogP contribution is -2.10. The van der Waals surface area contributed by atoms with E-state index >= 15 is 0 Å². The molecule has 3 radical (unpaired) electrons. The van der Waals surface area contributed by atoms with Crippen molar-refractivity contribution in [1.29, 1.82) is 0 Å². The van der Waals surface area contributed by atoms with Crippen molar-refractivity contribution >= 4 is 16.3 Å². The van der Waals surface area contributed by atoms with Crippen molar-refractivity contribution in [2.24, 2.45) is 0 Å². The zero-order valence-corrected chi connectivity index (χ0v) is 11.1. The summed E-state index contributed by atoms with van der Waals surface area (Å²) in [5.74, 6) is 0. The number of hydrogen-bond acceptors (Lipinski definition) is 0. The molecule has 0 amide bonds. The van der Waals surface area contributed by atoms with Gasteiger partial charge in [-0.25, -0.2) is 0 Å². The molecule has 0 aliphatic heterocycles. The highest BCUT2D eigenvalue weighted by Crippen LogP contribution is 2.47. The first-order valence-corrected chi connectivity index (χ1v) is 8.15. The summed E-state index contributed by atoms with van der Waals surface area (Å²) in [7, 11) is 0.225. The lowest BCUT2D eigenvalue weighted by molar-refractivity contribution is 0.511. The SMILES string of the molecule is C[P@](Cc1ccccc1)C1CCCCC1.[B]. The van der Waals surface area contributed by atoms with Gasteiger partial charge in [-0.2, -0.15) is 0 Å². The third kappa shape index (κ3) is 3.94. The molecule has 1 aromatic carbocycles. The van der Waals surface area contributed by atoms with E-state index in [-0.39, 0.29) is 16.3 Å². The third-order valence-electron chi connectivity index (χ3n) is 3.47. The van der Waals surface area contributed by atoms with Crippen LogP contribution in [0, 0.1) is 0 Å². The van der Waals surface area contributed by atoms with Gasteiger partial charge in [0.15, 0.2) is 0 Å². The Morgan fingerprint density at radius 2 is 1.69 bits per heavy atom. The minimum atomic E-state index is 0. The van der Waals surface area contributed by atoms with E-state index in [0.717, 1.165) is 5.66 Å². The minimum absolute atomic E-state index is 0. The van der Waals surface area contributed by atoms with Crippen LogP contribution >= 0.6 is 7.92 Å². The van der Waals surface area contributed by atoms with E-state index in [2.05, 4.69) is 37.0 Å². The van der Waals surface area contributed by atoms with Gasteiger partial charge >= 0.3 is 0 Å². The molecule has 1 aliphatic rings. The molecule has 0 N–H and O–H groups in total. The molecule has 1 fully saturated rings. The van der Waals surface area contributed by atoms with Crippen LogP contribution < -0.4 is 0 Å². The molecule has 1 atom stereocenters. The monoisotopic (exact) mass is 231 g/mol. The van der Waals surface area contributed by atoms with Crippen molar-refractivity contribution in [2.45, 2.75) is 43.9 Å². The molecule has 1 aromatic rings. The summed E-state index contributed by atoms with van der Waals surface area (Å²) >= 11 is 0. The zero-order chi connectivity index (χ0) is 10.5. The number of hydrogen-bond donors (Lipinski definition) is 0. The van der Waals surface area contributed by atoms with Gasteiger partial charge in [0.05, 0.1) is 0 Å². The van der Waals surface area contributed by atoms with Crippen LogP contribution in [0.4, 0.5) is 0 Å². The summed E-state index contributed by atoms with van der Waals surface area (Å²) in [6.07, 6.45) is 8.76. The Morgan fingerprint density at radius 1 is 1.06 bits per heavy atom. The molecule has 0 spiro atoms. The summed E-state index contributed by atoms with van der Waals surface area (Å²) in [5, 5.41) is 0. The van der Waals surface area contributed by atoms with E-state index in [1.807, 2.05) is 0 Å². The van der Waals surface area contributed by atoms with Crippen LogP contribution in [0.5, 0.6) is 0 Å². The van der Waals surface area contributed by atoms with E-state index in [1.54, 1.807) is 0 Å². The van der Waals surface area contributed by atoms with Crippen LogP contribution in [-0.2, 0) is 6.16 Å². The van der Waals surface area contributed by atoms with Gasteiger partial charge in [-0.05, 0) is 36.9 Å². The van der Waals surface area contributed by atoms with E-state index in [0.29, 0.717) is 0 Å². The maximum atomic E-state index is 2.50. The molecule has 1 aliphatic carbocycles. The smallest absolute Gasteiger partial charge is 0 e. The Kier molecular flexibility index (Phi) is 6.13. The summed E-state index contributed by atoms with van der Waals surface area (Å²) < 4.78 is 0. The Balaban J connectivity index is 0.00000128. The van der Waals surface area contributed by atoms with Crippen molar-refractivity contribution in [3.63, 3.8) is 0 Å². The normalized spacial score (nSPS) is 18.8. The van der Waals surface area contributed by atoms with Crippen molar-refractivity contribution in [2.75, 3.05) is 6.66 Å². The third-order valence-corrected chi connectivity index (χ3v) is 6.10. The molecular formula is C14H21BP. The highest BCUT2D eigenvalue weighted by Gasteiger charge is 2.19. The van der Waals surface area contributed by atoms with Gasteiger partial charge in [-0.15, -0.1) is 7.92 Å². The van der Waals surface area contributed by atoms with Crippen molar-refractivity contribution < 1.29 is 0 Å². The molecule has 2 heteroatoms. The van der Waals surface area contributed by atoms with Crippen LogP contribution in [0.25, 0.3) is 0 Å². The Bertz CT molecular complexity index is 280. The van der Waals surface area contributed by atoms with Gasteiger partial charge in [0.2, 0.25) is 0 Å². The standard InChI is InChI=1S/C14H21P.B/c1-15(14-10-6-3-7-11-14)12-13-8-4-2-5-9-13;/h2,4-5,8-9,14H,3,6-7,10-12H2,1H3;/t15-;/m1./s1. The Hall–Kier alpha value is -0.285. The zero-order valence-electron chi connectivity index (χ0n) is 10.2. The molecule has 0 heterocycles. The minimum Gasteiger partial charge on any atom is -0.102 e. The van der Waals surface area contributed by atoms with Crippen molar-refractivity contribution in [3.8, 4) is 0 Å². The Morgan fingerprint density at radius 3 is 2.31 bits per heavy atom. The highest BCUT2D eigenvalue weighted by atomic mass is 31.1. The van der Waals surface area contributed by atoms with Gasteiger partial charge < -0.3 is 0 Å².